The van der Waals surface area contributed by atoms with Crippen molar-refractivity contribution in [3.63, 3.8) is 0 Å². The van der Waals surface area contributed by atoms with E-state index in [1.54, 1.807) is 42.5 Å². The smallest absolute Gasteiger partial charge is 0.306 e. The molecule has 0 amide bonds. The topological polar surface area (TPSA) is 78.9 Å². The Hall–Kier alpha value is -2.86. The number of ether oxygens (including phenoxy) is 3. The first-order valence-electron chi connectivity index (χ1n) is 8.40. The maximum Gasteiger partial charge on any atom is 0.306 e. The molecule has 2 aromatic rings. The Morgan fingerprint density at radius 2 is 1.52 bits per heavy atom. The Labute approximate surface area is 161 Å². The highest BCUT2D eigenvalue weighted by Crippen LogP contribution is 2.30. The molecule has 0 N–H and O–H groups in total. The lowest BCUT2D eigenvalue weighted by atomic mass is 10.1. The minimum atomic E-state index is -0.608. The van der Waals surface area contributed by atoms with E-state index in [0.29, 0.717) is 40.9 Å². The van der Waals surface area contributed by atoms with Gasteiger partial charge in [-0.2, -0.15) is 0 Å². The van der Waals surface area contributed by atoms with Gasteiger partial charge in [-0.1, -0.05) is 11.6 Å². The molecular weight excluding hydrogens is 372 g/mol. The van der Waals surface area contributed by atoms with Gasteiger partial charge in [0.15, 0.2) is 29.7 Å². The quantitative estimate of drug-likeness (QED) is 0.533. The summed E-state index contributed by atoms with van der Waals surface area (Å²) >= 11 is 5.77. The lowest BCUT2D eigenvalue weighted by molar-refractivity contribution is -0.142. The van der Waals surface area contributed by atoms with Crippen LogP contribution in [-0.2, 0) is 9.53 Å². The summed E-state index contributed by atoms with van der Waals surface area (Å²) in [5.74, 6) is -0.0863. The molecule has 0 spiro atoms. The molecule has 1 heterocycles. The van der Waals surface area contributed by atoms with E-state index < -0.39 is 12.6 Å². The maximum absolute atomic E-state index is 12.2. The van der Waals surface area contributed by atoms with Crippen LogP contribution in [0.25, 0.3) is 0 Å². The van der Waals surface area contributed by atoms with Crippen molar-refractivity contribution in [2.24, 2.45) is 0 Å². The van der Waals surface area contributed by atoms with Gasteiger partial charge in [-0.25, -0.2) is 0 Å². The van der Waals surface area contributed by atoms with E-state index in [2.05, 4.69) is 0 Å². The van der Waals surface area contributed by atoms with E-state index in [4.69, 9.17) is 25.8 Å². The molecule has 0 fully saturated rings. The third kappa shape index (κ3) is 5.08. The Morgan fingerprint density at radius 1 is 0.852 bits per heavy atom. The van der Waals surface area contributed by atoms with Crippen LogP contribution in [0.2, 0.25) is 5.02 Å². The number of benzene rings is 2. The van der Waals surface area contributed by atoms with Crippen molar-refractivity contribution in [3.05, 3.63) is 58.6 Å². The Balaban J connectivity index is 1.46. The first-order valence-corrected chi connectivity index (χ1v) is 8.78. The van der Waals surface area contributed by atoms with Crippen LogP contribution in [0.4, 0.5) is 0 Å². The number of ketones is 2. The third-order valence-electron chi connectivity index (χ3n) is 3.95. The van der Waals surface area contributed by atoms with E-state index in [0.717, 1.165) is 0 Å². The van der Waals surface area contributed by atoms with Crippen molar-refractivity contribution in [2.75, 3.05) is 19.8 Å². The molecule has 0 aliphatic carbocycles. The number of carbonyl (C=O) groups is 3. The summed E-state index contributed by atoms with van der Waals surface area (Å²) < 4.78 is 15.8. The lowest BCUT2D eigenvalue weighted by Crippen LogP contribution is -2.17. The number of halogens is 1. The van der Waals surface area contributed by atoms with Crippen LogP contribution in [0, 0.1) is 0 Å². The summed E-state index contributed by atoms with van der Waals surface area (Å²) in [4.78, 5) is 36.0. The number of fused-ring (bicyclic) bond motifs is 1. The molecule has 1 aliphatic heterocycles. The number of hydrogen-bond acceptors (Lipinski definition) is 6. The van der Waals surface area contributed by atoms with Crippen molar-refractivity contribution in [2.45, 2.75) is 12.8 Å². The van der Waals surface area contributed by atoms with E-state index in [9.17, 15) is 14.4 Å². The second-order valence-electron chi connectivity index (χ2n) is 5.87. The zero-order chi connectivity index (χ0) is 19.2. The largest absolute Gasteiger partial charge is 0.486 e. The zero-order valence-electron chi connectivity index (χ0n) is 14.4. The average Bonchev–Trinajstić information content (AvgIpc) is 2.70. The Morgan fingerprint density at radius 3 is 2.26 bits per heavy atom. The molecule has 0 bridgehead atoms. The number of rotatable bonds is 7. The molecule has 2 aromatic carbocycles. The van der Waals surface area contributed by atoms with Gasteiger partial charge in [-0.3, -0.25) is 14.4 Å². The number of hydrogen-bond donors (Lipinski definition) is 0. The van der Waals surface area contributed by atoms with Gasteiger partial charge in [0.2, 0.25) is 0 Å². The SMILES string of the molecule is O=C(CCC(=O)c1ccc(Cl)cc1)OCC(=O)c1ccc2c(c1)OCCO2. The summed E-state index contributed by atoms with van der Waals surface area (Å²) in [5.41, 5.74) is 0.837. The van der Waals surface area contributed by atoms with Gasteiger partial charge >= 0.3 is 5.97 Å². The van der Waals surface area contributed by atoms with Gasteiger partial charge in [-0.15, -0.1) is 0 Å². The molecule has 0 aromatic heterocycles. The highest BCUT2D eigenvalue weighted by Gasteiger charge is 2.17. The second-order valence-corrected chi connectivity index (χ2v) is 6.31. The van der Waals surface area contributed by atoms with Crippen molar-refractivity contribution in [1.29, 1.82) is 0 Å². The fourth-order valence-corrected chi connectivity index (χ4v) is 2.64. The van der Waals surface area contributed by atoms with Crippen LogP contribution < -0.4 is 9.47 Å². The fourth-order valence-electron chi connectivity index (χ4n) is 2.51. The monoisotopic (exact) mass is 388 g/mol. The van der Waals surface area contributed by atoms with Crippen LogP contribution in [-0.4, -0.2) is 37.4 Å². The van der Waals surface area contributed by atoms with Gasteiger partial charge in [0.05, 0.1) is 6.42 Å². The molecule has 3 rings (SSSR count). The van der Waals surface area contributed by atoms with Crippen molar-refractivity contribution < 1.29 is 28.6 Å². The highest BCUT2D eigenvalue weighted by atomic mass is 35.5. The predicted molar refractivity (Wildman–Crippen MR) is 97.7 cm³/mol. The fraction of sp³-hybridized carbons (Fsp3) is 0.250. The molecule has 6 nitrogen and oxygen atoms in total. The number of Topliss-reactive ketones (excluding diaryl/α,β-unsaturated/α-hetero) is 2. The van der Waals surface area contributed by atoms with Gasteiger partial charge < -0.3 is 14.2 Å². The van der Waals surface area contributed by atoms with E-state index in [1.807, 2.05) is 0 Å². The van der Waals surface area contributed by atoms with Crippen molar-refractivity contribution in [1.82, 2.24) is 0 Å². The predicted octanol–water partition coefficient (Wildman–Crippen LogP) is 3.50. The van der Waals surface area contributed by atoms with Gasteiger partial charge in [0.25, 0.3) is 0 Å². The zero-order valence-corrected chi connectivity index (χ0v) is 15.2. The van der Waals surface area contributed by atoms with Crippen LogP contribution in [0.3, 0.4) is 0 Å². The number of carbonyl (C=O) groups excluding carboxylic acids is 3. The van der Waals surface area contributed by atoms with Crippen LogP contribution in [0.1, 0.15) is 33.6 Å². The molecule has 0 saturated carbocycles. The normalized spacial score (nSPS) is 12.3. The Bertz CT molecular complexity index is 859. The molecular formula is C20H17ClO6. The van der Waals surface area contributed by atoms with Crippen LogP contribution >= 0.6 is 11.6 Å². The van der Waals surface area contributed by atoms with Gasteiger partial charge in [-0.05, 0) is 42.5 Å². The third-order valence-corrected chi connectivity index (χ3v) is 4.20. The van der Waals surface area contributed by atoms with E-state index in [1.165, 1.54) is 0 Å². The molecule has 140 valence electrons. The average molecular weight is 389 g/mol. The second kappa shape index (κ2) is 8.68. The molecule has 0 unspecified atom stereocenters. The molecule has 0 saturated heterocycles. The first-order chi connectivity index (χ1) is 13.0. The summed E-state index contributed by atoms with van der Waals surface area (Å²) in [6.07, 6.45) is -0.103. The summed E-state index contributed by atoms with van der Waals surface area (Å²) in [6.45, 7) is 0.488. The molecule has 1 aliphatic rings. The van der Waals surface area contributed by atoms with Crippen LogP contribution in [0.15, 0.2) is 42.5 Å². The maximum atomic E-state index is 12.2. The summed E-state index contributed by atoms with van der Waals surface area (Å²) in [5, 5.41) is 0.531. The van der Waals surface area contributed by atoms with Gasteiger partial charge in [0.1, 0.15) is 13.2 Å². The van der Waals surface area contributed by atoms with E-state index in [-0.39, 0.29) is 24.4 Å². The number of esters is 1. The summed E-state index contributed by atoms with van der Waals surface area (Å²) in [7, 11) is 0. The van der Waals surface area contributed by atoms with Crippen LogP contribution in [0.5, 0.6) is 11.5 Å². The molecule has 0 radical (unpaired) electrons. The standard InChI is InChI=1S/C20H17ClO6/c21-15-4-1-13(2-5-15)16(22)6-8-20(24)27-12-17(23)14-3-7-18-19(11-14)26-10-9-25-18/h1-5,7,11H,6,8-10,12H2. The van der Waals surface area contributed by atoms with Crippen molar-refractivity contribution in [3.8, 4) is 11.5 Å². The molecule has 7 heteroatoms. The lowest BCUT2D eigenvalue weighted by Gasteiger charge is -2.18. The molecule has 0 atom stereocenters. The van der Waals surface area contributed by atoms with Gasteiger partial charge in [0, 0.05) is 22.6 Å². The van der Waals surface area contributed by atoms with Crippen molar-refractivity contribution >= 4 is 29.1 Å². The molecule has 27 heavy (non-hydrogen) atoms. The minimum Gasteiger partial charge on any atom is -0.486 e. The Kier molecular flexibility index (Phi) is 6.08. The first kappa shape index (κ1) is 18.9. The minimum absolute atomic E-state index is 0.00131. The highest BCUT2D eigenvalue weighted by molar-refractivity contribution is 6.30. The van der Waals surface area contributed by atoms with E-state index >= 15 is 0 Å². The summed E-state index contributed by atoms with van der Waals surface area (Å²) in [6, 6.07) is 11.2.